The minimum absolute atomic E-state index is 0.423. The second kappa shape index (κ2) is 6.76. The normalized spacial score (nSPS) is 12.0. The third-order valence-electron chi connectivity index (χ3n) is 3.31. The maximum atomic E-state index is 11.7. The Labute approximate surface area is 129 Å². The van der Waals surface area contributed by atoms with Crippen LogP contribution in [0.25, 0.3) is 16.8 Å². The predicted octanol–water partition coefficient (Wildman–Crippen LogP) is 3.13. The van der Waals surface area contributed by atoms with Gasteiger partial charge in [0.15, 0.2) is 0 Å². The first-order valence-electron chi connectivity index (χ1n) is 7.14. The van der Waals surface area contributed by atoms with Gasteiger partial charge in [-0.05, 0) is 37.1 Å². The third kappa shape index (κ3) is 3.25. The number of nitrogens with zero attached hydrogens (tertiary/aromatic N) is 1. The summed E-state index contributed by atoms with van der Waals surface area (Å²) in [6.07, 6.45) is 8.49. The fraction of sp³-hybridized carbons (Fsp3) is 0.176. The minimum Gasteiger partial charge on any atom is -0.384 e. The number of nitrogens with two attached hydrogens (primary N) is 2. The quantitative estimate of drug-likeness (QED) is 0.739. The van der Waals surface area contributed by atoms with E-state index in [2.05, 4.69) is 16.9 Å². The molecule has 0 aliphatic carbocycles. The van der Waals surface area contributed by atoms with Gasteiger partial charge in [0, 0.05) is 17.5 Å². The van der Waals surface area contributed by atoms with Crippen molar-refractivity contribution in [1.29, 1.82) is 0 Å². The summed E-state index contributed by atoms with van der Waals surface area (Å²) >= 11 is 0. The molecular weight excluding hydrogens is 276 g/mol. The largest absolute Gasteiger partial charge is 0.384 e. The monoisotopic (exact) mass is 296 g/mol. The third-order valence-corrected chi connectivity index (χ3v) is 3.31. The molecule has 2 heterocycles. The number of nitrogens with one attached hydrogen (secondary N) is 1. The molecule has 114 valence electrons. The van der Waals surface area contributed by atoms with Crippen LogP contribution in [0.5, 0.6) is 0 Å². The maximum absolute atomic E-state index is 11.7. The van der Waals surface area contributed by atoms with Gasteiger partial charge in [-0.3, -0.25) is 4.79 Å². The van der Waals surface area contributed by atoms with Gasteiger partial charge in [0.05, 0.1) is 11.3 Å². The van der Waals surface area contributed by atoms with Crippen LogP contribution in [-0.2, 0) is 0 Å². The van der Waals surface area contributed by atoms with Crippen molar-refractivity contribution >= 4 is 17.3 Å². The Morgan fingerprint density at radius 3 is 2.77 bits per heavy atom. The second-order valence-electron chi connectivity index (χ2n) is 4.86. The highest BCUT2D eigenvalue weighted by Crippen LogP contribution is 2.27. The zero-order valence-electron chi connectivity index (χ0n) is 12.8. The number of anilines is 1. The van der Waals surface area contributed by atoms with Crippen LogP contribution in [0.3, 0.4) is 0 Å². The number of rotatable bonds is 5. The van der Waals surface area contributed by atoms with Crippen molar-refractivity contribution in [2.45, 2.75) is 20.3 Å². The summed E-state index contributed by atoms with van der Waals surface area (Å²) in [5, 5.41) is 0. The molecule has 0 unspecified atom stereocenters. The molecule has 0 saturated heterocycles. The van der Waals surface area contributed by atoms with Gasteiger partial charge in [-0.2, -0.15) is 0 Å². The van der Waals surface area contributed by atoms with E-state index in [9.17, 15) is 4.79 Å². The van der Waals surface area contributed by atoms with Crippen molar-refractivity contribution in [1.82, 2.24) is 9.97 Å². The van der Waals surface area contributed by atoms with E-state index in [0.717, 1.165) is 23.3 Å². The number of primary amides is 1. The van der Waals surface area contributed by atoms with Crippen molar-refractivity contribution in [3.8, 4) is 11.3 Å². The number of aromatic amines is 1. The van der Waals surface area contributed by atoms with Gasteiger partial charge >= 0.3 is 0 Å². The topological polar surface area (TPSA) is 97.8 Å². The number of aromatic nitrogens is 2. The molecule has 2 aromatic heterocycles. The lowest BCUT2D eigenvalue weighted by Gasteiger charge is -2.02. The van der Waals surface area contributed by atoms with Crippen LogP contribution in [0.4, 0.5) is 5.82 Å². The minimum atomic E-state index is -0.469. The maximum Gasteiger partial charge on any atom is 0.250 e. The highest BCUT2D eigenvalue weighted by Gasteiger charge is 2.15. The van der Waals surface area contributed by atoms with E-state index >= 15 is 0 Å². The smallest absolute Gasteiger partial charge is 0.250 e. The first-order chi connectivity index (χ1) is 10.6. The van der Waals surface area contributed by atoms with E-state index in [4.69, 9.17) is 11.5 Å². The summed E-state index contributed by atoms with van der Waals surface area (Å²) in [6, 6.07) is 5.32. The van der Waals surface area contributed by atoms with Gasteiger partial charge in [0.1, 0.15) is 5.82 Å². The van der Waals surface area contributed by atoms with Gasteiger partial charge in [-0.25, -0.2) is 4.98 Å². The molecular formula is C17H20N4O. The Hall–Kier alpha value is -2.82. The fourth-order valence-corrected chi connectivity index (χ4v) is 2.22. The molecule has 0 aromatic carbocycles. The van der Waals surface area contributed by atoms with Crippen LogP contribution in [0, 0.1) is 0 Å². The highest BCUT2D eigenvalue weighted by molar-refractivity contribution is 6.00. The lowest BCUT2D eigenvalue weighted by molar-refractivity contribution is 0.1000. The van der Waals surface area contributed by atoms with Crippen LogP contribution < -0.4 is 11.5 Å². The van der Waals surface area contributed by atoms with Crippen LogP contribution in [0.15, 0.2) is 42.6 Å². The van der Waals surface area contributed by atoms with Crippen molar-refractivity contribution in [2.75, 3.05) is 5.73 Å². The van der Waals surface area contributed by atoms with Crippen LogP contribution in [0.1, 0.15) is 36.3 Å². The number of hydrogen-bond donors (Lipinski definition) is 3. The molecule has 5 N–H and O–H groups in total. The lowest BCUT2D eigenvalue weighted by Crippen LogP contribution is -2.11. The van der Waals surface area contributed by atoms with Crippen molar-refractivity contribution in [2.24, 2.45) is 5.73 Å². The molecule has 0 aliphatic rings. The zero-order valence-corrected chi connectivity index (χ0v) is 12.8. The molecule has 0 atom stereocenters. The molecule has 0 radical (unpaired) electrons. The molecule has 2 rings (SSSR count). The zero-order chi connectivity index (χ0) is 16.1. The fourth-order valence-electron chi connectivity index (χ4n) is 2.22. The van der Waals surface area contributed by atoms with E-state index in [1.165, 1.54) is 0 Å². The number of pyridine rings is 1. The first-order valence-corrected chi connectivity index (χ1v) is 7.14. The number of hydrogen-bond acceptors (Lipinski definition) is 3. The van der Waals surface area contributed by atoms with Gasteiger partial charge in [-0.15, -0.1) is 0 Å². The molecule has 22 heavy (non-hydrogen) atoms. The molecule has 5 heteroatoms. The Balaban J connectivity index is 2.55. The van der Waals surface area contributed by atoms with Crippen LogP contribution in [-0.4, -0.2) is 15.9 Å². The van der Waals surface area contributed by atoms with Gasteiger partial charge < -0.3 is 16.5 Å². The summed E-state index contributed by atoms with van der Waals surface area (Å²) in [5.74, 6) is -0.0461. The average molecular weight is 296 g/mol. The van der Waals surface area contributed by atoms with Gasteiger partial charge in [0.25, 0.3) is 5.91 Å². The van der Waals surface area contributed by atoms with E-state index in [0.29, 0.717) is 17.1 Å². The van der Waals surface area contributed by atoms with E-state index in [-0.39, 0.29) is 0 Å². The number of amides is 1. The number of H-pyrrole nitrogens is 1. The molecule has 0 aliphatic heterocycles. The first kappa shape index (κ1) is 15.6. The van der Waals surface area contributed by atoms with E-state index in [1.807, 2.05) is 31.2 Å². The highest BCUT2D eigenvalue weighted by atomic mass is 16.1. The van der Waals surface area contributed by atoms with Gasteiger partial charge in [-0.1, -0.05) is 25.2 Å². The Kier molecular flexibility index (Phi) is 4.78. The SMILES string of the molecule is C/C=C(\C=C/CC)c1[nH]c(-c2ccnc(N)c2)cc1C(N)=O. The number of nitrogen functional groups attached to an aromatic ring is 1. The standard InChI is InChI=1S/C17H20N4O/c1-3-5-6-11(4-2)16-13(17(19)22)10-14(21-16)12-7-8-20-15(18)9-12/h4-10,21H,3H2,1-2H3,(H2,18,20)(H2,19,22)/b6-5-,11-4+. The summed E-state index contributed by atoms with van der Waals surface area (Å²) in [6.45, 7) is 3.98. The second-order valence-corrected chi connectivity index (χ2v) is 4.86. The number of carbonyl (C=O) groups is 1. The summed E-state index contributed by atoms with van der Waals surface area (Å²) in [7, 11) is 0. The summed E-state index contributed by atoms with van der Waals surface area (Å²) < 4.78 is 0. The molecule has 0 bridgehead atoms. The number of carbonyl (C=O) groups excluding carboxylic acids is 1. The van der Waals surface area contributed by atoms with Gasteiger partial charge in [0.2, 0.25) is 0 Å². The molecule has 2 aromatic rings. The molecule has 0 fully saturated rings. The lowest BCUT2D eigenvalue weighted by atomic mass is 10.1. The molecule has 0 spiro atoms. The van der Waals surface area contributed by atoms with Crippen LogP contribution in [0.2, 0.25) is 0 Å². The van der Waals surface area contributed by atoms with Crippen molar-refractivity contribution < 1.29 is 4.79 Å². The summed E-state index contributed by atoms with van der Waals surface area (Å²) in [4.78, 5) is 19.0. The average Bonchev–Trinajstić information content (AvgIpc) is 2.93. The Bertz CT molecular complexity index is 741. The summed E-state index contributed by atoms with van der Waals surface area (Å²) in [5.41, 5.74) is 15.0. The van der Waals surface area contributed by atoms with Crippen molar-refractivity contribution in [3.63, 3.8) is 0 Å². The molecule has 0 saturated carbocycles. The number of allylic oxidation sites excluding steroid dienone is 4. The van der Waals surface area contributed by atoms with E-state index < -0.39 is 5.91 Å². The molecule has 1 amide bonds. The molecule has 5 nitrogen and oxygen atoms in total. The Morgan fingerprint density at radius 1 is 1.41 bits per heavy atom. The van der Waals surface area contributed by atoms with Crippen LogP contribution >= 0.6 is 0 Å². The predicted molar refractivity (Wildman–Crippen MR) is 90.0 cm³/mol. The van der Waals surface area contributed by atoms with E-state index in [1.54, 1.807) is 18.3 Å². The van der Waals surface area contributed by atoms with Crippen molar-refractivity contribution in [3.05, 3.63) is 53.9 Å². The Morgan fingerprint density at radius 2 is 2.18 bits per heavy atom.